The summed E-state index contributed by atoms with van der Waals surface area (Å²) < 4.78 is 24.5. The summed E-state index contributed by atoms with van der Waals surface area (Å²) in [5.74, 6) is 1.17. The van der Waals surface area contributed by atoms with Crippen molar-refractivity contribution in [2.24, 2.45) is 0 Å². The van der Waals surface area contributed by atoms with Gasteiger partial charge in [0.15, 0.2) is 0 Å². The number of carbonyl (C=O) groups excluding carboxylic acids is 1. The zero-order valence-electron chi connectivity index (χ0n) is 17.6. The number of benzene rings is 3. The van der Waals surface area contributed by atoms with Gasteiger partial charge < -0.3 is 19.7 Å². The van der Waals surface area contributed by atoms with E-state index in [1.807, 2.05) is 37.3 Å². The third kappa shape index (κ3) is 4.97. The molecule has 1 atom stereocenters. The SMILES string of the molecule is COc1ccc(NC(=O)C[C@@H]2COc3cc(C)ccc3N2Cc2ccc(F)cc2)cc1. The Morgan fingerprint density at radius 3 is 2.58 bits per heavy atom. The summed E-state index contributed by atoms with van der Waals surface area (Å²) in [6.45, 7) is 2.97. The van der Waals surface area contributed by atoms with E-state index in [-0.39, 0.29) is 24.2 Å². The Morgan fingerprint density at radius 1 is 1.13 bits per heavy atom. The Bertz CT molecular complexity index is 1050. The number of anilines is 2. The van der Waals surface area contributed by atoms with Gasteiger partial charge in [-0.2, -0.15) is 0 Å². The van der Waals surface area contributed by atoms with Crippen LogP contribution in [0.15, 0.2) is 66.7 Å². The molecule has 1 aliphatic heterocycles. The van der Waals surface area contributed by atoms with E-state index in [2.05, 4.69) is 10.2 Å². The fourth-order valence-electron chi connectivity index (χ4n) is 3.72. The Hall–Kier alpha value is -3.54. The van der Waals surface area contributed by atoms with Gasteiger partial charge in [0.25, 0.3) is 0 Å². The van der Waals surface area contributed by atoms with E-state index in [0.29, 0.717) is 18.8 Å². The van der Waals surface area contributed by atoms with Crippen molar-refractivity contribution in [3.8, 4) is 11.5 Å². The van der Waals surface area contributed by atoms with Crippen LogP contribution in [0.5, 0.6) is 11.5 Å². The fourth-order valence-corrected chi connectivity index (χ4v) is 3.72. The van der Waals surface area contributed by atoms with Gasteiger partial charge >= 0.3 is 0 Å². The first-order valence-electron chi connectivity index (χ1n) is 10.2. The summed E-state index contributed by atoms with van der Waals surface area (Å²) >= 11 is 0. The van der Waals surface area contributed by atoms with Crippen LogP contribution >= 0.6 is 0 Å². The van der Waals surface area contributed by atoms with Gasteiger partial charge in [0, 0.05) is 12.2 Å². The third-order valence-electron chi connectivity index (χ3n) is 5.36. The lowest BCUT2D eigenvalue weighted by molar-refractivity contribution is -0.116. The van der Waals surface area contributed by atoms with Crippen LogP contribution in [0.4, 0.5) is 15.8 Å². The van der Waals surface area contributed by atoms with Crippen molar-refractivity contribution in [3.63, 3.8) is 0 Å². The van der Waals surface area contributed by atoms with E-state index in [1.54, 1.807) is 31.4 Å². The largest absolute Gasteiger partial charge is 0.497 e. The number of carbonyl (C=O) groups is 1. The smallest absolute Gasteiger partial charge is 0.226 e. The number of methoxy groups -OCH3 is 1. The molecule has 0 aliphatic carbocycles. The number of nitrogens with zero attached hydrogens (tertiary/aromatic N) is 1. The van der Waals surface area contributed by atoms with Crippen LogP contribution in [0.3, 0.4) is 0 Å². The molecule has 1 heterocycles. The average Bonchev–Trinajstić information content (AvgIpc) is 2.77. The van der Waals surface area contributed by atoms with Crippen LogP contribution in [0, 0.1) is 12.7 Å². The number of hydrogen-bond donors (Lipinski definition) is 1. The maximum absolute atomic E-state index is 13.4. The van der Waals surface area contributed by atoms with Gasteiger partial charge in [-0.1, -0.05) is 18.2 Å². The molecule has 0 saturated heterocycles. The van der Waals surface area contributed by atoms with Crippen LogP contribution < -0.4 is 19.7 Å². The van der Waals surface area contributed by atoms with E-state index in [4.69, 9.17) is 9.47 Å². The topological polar surface area (TPSA) is 50.8 Å². The summed E-state index contributed by atoms with van der Waals surface area (Å²) in [5, 5.41) is 2.94. The number of aryl methyl sites for hydroxylation is 1. The van der Waals surface area contributed by atoms with Crippen molar-refractivity contribution in [2.45, 2.75) is 25.9 Å². The zero-order valence-corrected chi connectivity index (χ0v) is 17.6. The molecule has 0 saturated carbocycles. The molecule has 5 nitrogen and oxygen atoms in total. The molecule has 1 N–H and O–H groups in total. The van der Waals surface area contributed by atoms with E-state index < -0.39 is 0 Å². The van der Waals surface area contributed by atoms with Crippen molar-refractivity contribution in [2.75, 3.05) is 23.9 Å². The lowest BCUT2D eigenvalue weighted by Crippen LogP contribution is -2.44. The molecule has 1 amide bonds. The van der Waals surface area contributed by atoms with Gasteiger partial charge in [0.05, 0.1) is 25.3 Å². The molecule has 4 rings (SSSR count). The monoisotopic (exact) mass is 420 g/mol. The van der Waals surface area contributed by atoms with Gasteiger partial charge in [-0.15, -0.1) is 0 Å². The molecule has 6 heteroatoms. The number of ether oxygens (including phenoxy) is 2. The number of fused-ring (bicyclic) bond motifs is 1. The maximum Gasteiger partial charge on any atom is 0.226 e. The van der Waals surface area contributed by atoms with Crippen molar-refractivity contribution < 1.29 is 18.7 Å². The van der Waals surface area contributed by atoms with Crippen LogP contribution in [0.1, 0.15) is 17.5 Å². The number of rotatable bonds is 6. The minimum Gasteiger partial charge on any atom is -0.497 e. The standard InChI is InChI=1S/C25H25FN2O3/c1-17-3-12-23-24(13-17)31-16-21(28(23)15-18-4-6-19(26)7-5-18)14-25(29)27-20-8-10-22(30-2)11-9-20/h3-13,21H,14-16H2,1-2H3,(H,27,29)/t21-/m1/s1. The van der Waals surface area contributed by atoms with Crippen molar-refractivity contribution in [1.82, 2.24) is 0 Å². The highest BCUT2D eigenvalue weighted by Gasteiger charge is 2.29. The van der Waals surface area contributed by atoms with Crippen molar-refractivity contribution in [1.29, 1.82) is 0 Å². The lowest BCUT2D eigenvalue weighted by Gasteiger charge is -2.38. The van der Waals surface area contributed by atoms with Crippen LogP contribution in [0.25, 0.3) is 0 Å². The highest BCUT2D eigenvalue weighted by molar-refractivity contribution is 5.91. The molecule has 0 radical (unpaired) electrons. The second-order valence-electron chi connectivity index (χ2n) is 7.67. The first-order chi connectivity index (χ1) is 15.0. The number of hydrogen-bond acceptors (Lipinski definition) is 4. The van der Waals surface area contributed by atoms with Gasteiger partial charge in [0.2, 0.25) is 5.91 Å². The summed E-state index contributed by atoms with van der Waals surface area (Å²) in [7, 11) is 1.60. The Labute approximate surface area is 181 Å². The number of nitrogens with one attached hydrogen (secondary N) is 1. The Kier molecular flexibility index (Phi) is 6.07. The average molecular weight is 420 g/mol. The highest BCUT2D eigenvalue weighted by Crippen LogP contribution is 2.36. The third-order valence-corrected chi connectivity index (χ3v) is 5.36. The van der Waals surface area contributed by atoms with E-state index in [0.717, 1.165) is 28.3 Å². The Balaban J connectivity index is 1.53. The van der Waals surface area contributed by atoms with E-state index in [9.17, 15) is 9.18 Å². The molecule has 0 unspecified atom stereocenters. The molecule has 1 aliphatic rings. The molecule has 0 fully saturated rings. The fraction of sp³-hybridized carbons (Fsp3) is 0.240. The molecule has 0 spiro atoms. The first kappa shape index (κ1) is 20.7. The lowest BCUT2D eigenvalue weighted by atomic mass is 10.0. The summed E-state index contributed by atoms with van der Waals surface area (Å²) in [5.41, 5.74) is 3.72. The second kappa shape index (κ2) is 9.08. The normalized spacial score (nSPS) is 15.1. The van der Waals surface area contributed by atoms with E-state index >= 15 is 0 Å². The van der Waals surface area contributed by atoms with Crippen molar-refractivity contribution in [3.05, 3.63) is 83.7 Å². The van der Waals surface area contributed by atoms with Crippen LogP contribution in [-0.2, 0) is 11.3 Å². The predicted octanol–water partition coefficient (Wildman–Crippen LogP) is 4.94. The predicted molar refractivity (Wildman–Crippen MR) is 119 cm³/mol. The number of amides is 1. The summed E-state index contributed by atoms with van der Waals surface area (Å²) in [6, 6.07) is 19.6. The molecule has 0 bridgehead atoms. The quantitative estimate of drug-likeness (QED) is 0.614. The minimum absolute atomic E-state index is 0.0987. The molecule has 31 heavy (non-hydrogen) atoms. The molecule has 160 valence electrons. The molecule has 3 aromatic carbocycles. The minimum atomic E-state index is -0.267. The van der Waals surface area contributed by atoms with Gasteiger partial charge in [-0.3, -0.25) is 4.79 Å². The Morgan fingerprint density at radius 2 is 1.87 bits per heavy atom. The van der Waals surface area contributed by atoms with Gasteiger partial charge in [-0.25, -0.2) is 4.39 Å². The first-order valence-corrected chi connectivity index (χ1v) is 10.2. The molecular formula is C25H25FN2O3. The summed E-state index contributed by atoms with van der Waals surface area (Å²) in [6.07, 6.45) is 0.264. The zero-order chi connectivity index (χ0) is 21.8. The van der Waals surface area contributed by atoms with Crippen molar-refractivity contribution >= 4 is 17.3 Å². The van der Waals surface area contributed by atoms with Crippen LogP contribution in [0.2, 0.25) is 0 Å². The molecule has 0 aromatic heterocycles. The highest BCUT2D eigenvalue weighted by atomic mass is 19.1. The van der Waals surface area contributed by atoms with E-state index in [1.165, 1.54) is 12.1 Å². The van der Waals surface area contributed by atoms with Crippen LogP contribution in [-0.4, -0.2) is 25.7 Å². The van der Waals surface area contributed by atoms with Gasteiger partial charge in [-0.05, 0) is 66.6 Å². The maximum atomic E-state index is 13.4. The second-order valence-corrected chi connectivity index (χ2v) is 7.67. The van der Waals surface area contributed by atoms with Gasteiger partial charge in [0.1, 0.15) is 23.9 Å². The number of halogens is 1. The summed E-state index contributed by atoms with van der Waals surface area (Å²) in [4.78, 5) is 14.9. The molecule has 3 aromatic rings. The molecular weight excluding hydrogens is 395 g/mol.